The average Bonchev–Trinajstić information content (AvgIpc) is 2.53. The van der Waals surface area contributed by atoms with Crippen LogP contribution >= 0.6 is 0 Å². The molecule has 0 aliphatic rings. The topological polar surface area (TPSA) is 104 Å². The number of ether oxygens (including phenoxy) is 1. The van der Waals surface area contributed by atoms with E-state index in [-0.39, 0.29) is 29.4 Å². The summed E-state index contributed by atoms with van der Waals surface area (Å²) in [5.74, 6) is 0. The molecule has 1 heterocycles. The fraction of sp³-hybridized carbons (Fsp3) is 0.353. The van der Waals surface area contributed by atoms with Crippen LogP contribution in [0.5, 0.6) is 0 Å². The molecule has 0 radical (unpaired) electrons. The van der Waals surface area contributed by atoms with E-state index >= 15 is 0 Å². The van der Waals surface area contributed by atoms with Crippen LogP contribution in [0.2, 0.25) is 0 Å². The van der Waals surface area contributed by atoms with Gasteiger partial charge in [0.1, 0.15) is 11.7 Å². The van der Waals surface area contributed by atoms with Gasteiger partial charge in [0.15, 0.2) is 0 Å². The van der Waals surface area contributed by atoms with Gasteiger partial charge in [0, 0.05) is 12.1 Å². The number of amides is 1. The van der Waals surface area contributed by atoms with Gasteiger partial charge in [-0.15, -0.1) is 0 Å². The lowest BCUT2D eigenvalue weighted by Crippen LogP contribution is -2.34. The van der Waals surface area contributed by atoms with E-state index < -0.39 is 17.8 Å². The summed E-state index contributed by atoms with van der Waals surface area (Å²) in [4.78, 5) is 29.9. The molecule has 1 aromatic carbocycles. The molecule has 0 aliphatic heterocycles. The summed E-state index contributed by atoms with van der Waals surface area (Å²) in [5, 5.41) is 13.0. The largest absolute Gasteiger partial charge is 0.444 e. The lowest BCUT2D eigenvalue weighted by atomic mass is 10.0. The van der Waals surface area contributed by atoms with Crippen molar-refractivity contribution in [2.75, 3.05) is 6.54 Å². The van der Waals surface area contributed by atoms with E-state index in [0.717, 1.165) is 0 Å². The first-order valence-corrected chi connectivity index (χ1v) is 7.62. The summed E-state index contributed by atoms with van der Waals surface area (Å²) in [7, 11) is 0. The van der Waals surface area contributed by atoms with Gasteiger partial charge >= 0.3 is 6.09 Å². The molecule has 1 amide bonds. The molecule has 0 aliphatic carbocycles. The minimum Gasteiger partial charge on any atom is -0.444 e. The van der Waals surface area contributed by atoms with Crippen LogP contribution in [0.4, 0.5) is 9.18 Å². The Morgan fingerprint density at radius 3 is 2.84 bits per heavy atom. The number of halogens is 1. The molecule has 0 spiro atoms. The van der Waals surface area contributed by atoms with Gasteiger partial charge in [0.2, 0.25) is 0 Å². The lowest BCUT2D eigenvalue weighted by molar-refractivity contribution is 0.0529. The molecular weight excluding hydrogens is 329 g/mol. The first-order chi connectivity index (χ1) is 11.7. The zero-order valence-electron chi connectivity index (χ0n) is 14.2. The molecule has 1 atom stereocenters. The van der Waals surface area contributed by atoms with Crippen molar-refractivity contribution in [3.8, 4) is 0 Å². The monoisotopic (exact) mass is 349 g/mol. The van der Waals surface area contributed by atoms with Crippen molar-refractivity contribution >= 4 is 17.0 Å². The first-order valence-electron chi connectivity index (χ1n) is 7.62. The third-order valence-corrected chi connectivity index (χ3v) is 3.31. The molecule has 1 unspecified atom stereocenters. The third kappa shape index (κ3) is 4.87. The van der Waals surface area contributed by atoms with Gasteiger partial charge in [-0.05, 0) is 38.5 Å². The molecule has 0 saturated carbocycles. The molecular formula is C17H20FN3O4. The Labute approximate surface area is 143 Å². The van der Waals surface area contributed by atoms with Gasteiger partial charge in [-0.3, -0.25) is 4.79 Å². The van der Waals surface area contributed by atoms with Gasteiger partial charge in [-0.1, -0.05) is 6.07 Å². The number of H-pyrrole nitrogens is 1. The van der Waals surface area contributed by atoms with Gasteiger partial charge in [0.05, 0.1) is 23.6 Å². The Bertz CT molecular complexity index is 855. The predicted octanol–water partition coefficient (Wildman–Crippen LogP) is 2.33. The van der Waals surface area contributed by atoms with E-state index in [1.165, 1.54) is 18.5 Å². The van der Waals surface area contributed by atoms with Gasteiger partial charge in [-0.2, -0.15) is 0 Å². The number of aliphatic hydroxyl groups is 1. The maximum absolute atomic E-state index is 13.2. The van der Waals surface area contributed by atoms with Crippen LogP contribution in [0.3, 0.4) is 0 Å². The van der Waals surface area contributed by atoms with Crippen LogP contribution in [0.15, 0.2) is 41.2 Å². The number of aromatic amines is 1. The van der Waals surface area contributed by atoms with Gasteiger partial charge in [0.25, 0.3) is 5.56 Å². The SMILES string of the molecule is CC(C)(C)OC(=O)NCC(=CF)C(O)c1ccc2nc[nH]c(=O)c2c1. The van der Waals surface area contributed by atoms with E-state index in [9.17, 15) is 19.1 Å². The standard InChI is InChI=1S/C17H20FN3O4/c1-17(2,3)25-16(24)19-8-11(7-18)14(22)10-4-5-13-12(6-10)15(23)21-9-20-13/h4-7,9,14,22H,8H2,1-3H3,(H,19,24)(H,20,21,23). The summed E-state index contributed by atoms with van der Waals surface area (Å²) in [6.45, 7) is 4.87. The third-order valence-electron chi connectivity index (χ3n) is 3.31. The van der Waals surface area contributed by atoms with E-state index in [0.29, 0.717) is 11.1 Å². The number of aromatic nitrogens is 2. The Kier molecular flexibility index (Phi) is 5.53. The second kappa shape index (κ2) is 7.43. The number of nitrogens with zero attached hydrogens (tertiary/aromatic N) is 1. The van der Waals surface area contributed by atoms with Crippen molar-refractivity contribution < 1.29 is 19.0 Å². The van der Waals surface area contributed by atoms with Crippen molar-refractivity contribution in [3.05, 3.63) is 52.3 Å². The smallest absolute Gasteiger partial charge is 0.407 e. The van der Waals surface area contributed by atoms with Crippen molar-refractivity contribution in [1.29, 1.82) is 0 Å². The highest BCUT2D eigenvalue weighted by Crippen LogP contribution is 2.23. The number of carbonyl (C=O) groups excluding carboxylic acids is 1. The second-order valence-electron chi connectivity index (χ2n) is 6.45. The number of rotatable bonds is 4. The highest BCUT2D eigenvalue weighted by molar-refractivity contribution is 5.78. The number of aliphatic hydroxyl groups excluding tert-OH is 1. The van der Waals surface area contributed by atoms with Gasteiger partial charge in [-0.25, -0.2) is 14.2 Å². The summed E-state index contributed by atoms with van der Waals surface area (Å²) >= 11 is 0. The first kappa shape index (κ1) is 18.6. The summed E-state index contributed by atoms with van der Waals surface area (Å²) < 4.78 is 18.2. The van der Waals surface area contributed by atoms with Crippen LogP contribution in [0, 0.1) is 0 Å². The second-order valence-corrected chi connectivity index (χ2v) is 6.45. The Balaban J connectivity index is 2.14. The maximum atomic E-state index is 13.2. The zero-order chi connectivity index (χ0) is 18.6. The molecule has 25 heavy (non-hydrogen) atoms. The Morgan fingerprint density at radius 2 is 2.20 bits per heavy atom. The predicted molar refractivity (Wildman–Crippen MR) is 90.8 cm³/mol. The van der Waals surface area contributed by atoms with Crippen LogP contribution in [-0.2, 0) is 4.74 Å². The fourth-order valence-electron chi connectivity index (χ4n) is 2.15. The lowest BCUT2D eigenvalue weighted by Gasteiger charge is -2.21. The number of nitrogens with one attached hydrogen (secondary N) is 2. The Morgan fingerprint density at radius 1 is 1.48 bits per heavy atom. The van der Waals surface area contributed by atoms with Crippen molar-refractivity contribution in [2.24, 2.45) is 0 Å². The van der Waals surface area contributed by atoms with Crippen molar-refractivity contribution in [3.63, 3.8) is 0 Å². The molecule has 0 bridgehead atoms. The highest BCUT2D eigenvalue weighted by atomic mass is 19.1. The summed E-state index contributed by atoms with van der Waals surface area (Å²) in [6, 6.07) is 4.53. The number of hydrogen-bond acceptors (Lipinski definition) is 5. The normalized spacial score (nSPS) is 13.6. The van der Waals surface area contributed by atoms with E-state index in [1.807, 2.05) is 0 Å². The Hall–Kier alpha value is -2.74. The minimum absolute atomic E-state index is 0.0782. The molecule has 2 rings (SSSR count). The average molecular weight is 349 g/mol. The molecule has 0 fully saturated rings. The van der Waals surface area contributed by atoms with Crippen molar-refractivity contribution in [2.45, 2.75) is 32.5 Å². The number of benzene rings is 1. The van der Waals surface area contributed by atoms with Crippen LogP contribution in [0.1, 0.15) is 32.4 Å². The van der Waals surface area contributed by atoms with E-state index in [4.69, 9.17) is 4.74 Å². The molecule has 7 nitrogen and oxygen atoms in total. The molecule has 8 heteroatoms. The number of fused-ring (bicyclic) bond motifs is 1. The molecule has 1 aromatic heterocycles. The molecule has 3 N–H and O–H groups in total. The quantitative estimate of drug-likeness (QED) is 0.786. The molecule has 134 valence electrons. The van der Waals surface area contributed by atoms with Crippen LogP contribution in [0.25, 0.3) is 10.9 Å². The van der Waals surface area contributed by atoms with E-state index in [1.54, 1.807) is 26.8 Å². The summed E-state index contributed by atoms with van der Waals surface area (Å²) in [6.07, 6.45) is -0.555. The minimum atomic E-state index is -1.33. The van der Waals surface area contributed by atoms with E-state index in [2.05, 4.69) is 15.3 Å². The van der Waals surface area contributed by atoms with Crippen LogP contribution < -0.4 is 10.9 Å². The maximum Gasteiger partial charge on any atom is 0.407 e. The van der Waals surface area contributed by atoms with Crippen LogP contribution in [-0.4, -0.2) is 33.3 Å². The number of alkyl carbamates (subject to hydrolysis) is 1. The zero-order valence-corrected chi connectivity index (χ0v) is 14.2. The number of carbonyl (C=O) groups is 1. The highest BCUT2D eigenvalue weighted by Gasteiger charge is 2.19. The molecule has 0 saturated heterocycles. The van der Waals surface area contributed by atoms with Crippen molar-refractivity contribution in [1.82, 2.24) is 15.3 Å². The fourth-order valence-corrected chi connectivity index (χ4v) is 2.15. The van der Waals surface area contributed by atoms with Gasteiger partial charge < -0.3 is 20.1 Å². The summed E-state index contributed by atoms with van der Waals surface area (Å²) in [5.41, 5.74) is -0.366. The molecule has 2 aromatic rings. The number of hydrogen-bond donors (Lipinski definition) is 3.